The van der Waals surface area contributed by atoms with E-state index in [-0.39, 0.29) is 17.2 Å². The molecule has 0 spiro atoms. The lowest BCUT2D eigenvalue weighted by molar-refractivity contribution is 0.0412. The molecule has 226 valence electrons. The molecule has 6 heteroatoms. The van der Waals surface area contributed by atoms with Crippen molar-refractivity contribution in [1.82, 2.24) is 19.7 Å². The highest BCUT2D eigenvalue weighted by atomic mass is 16.2. The van der Waals surface area contributed by atoms with Crippen molar-refractivity contribution in [2.45, 2.75) is 45.1 Å². The maximum Gasteiger partial charge on any atom is 0.254 e. The van der Waals surface area contributed by atoms with E-state index < -0.39 is 0 Å². The van der Waals surface area contributed by atoms with Gasteiger partial charge in [-0.3, -0.25) is 14.5 Å². The van der Waals surface area contributed by atoms with Gasteiger partial charge in [0.25, 0.3) is 11.8 Å². The number of piperidine rings is 1. The van der Waals surface area contributed by atoms with Gasteiger partial charge in [-0.2, -0.15) is 0 Å². The molecule has 2 amide bonds. The third-order valence-electron chi connectivity index (χ3n) is 9.08. The van der Waals surface area contributed by atoms with Gasteiger partial charge in [-0.1, -0.05) is 93.6 Å². The summed E-state index contributed by atoms with van der Waals surface area (Å²) >= 11 is 0. The second-order valence-electron chi connectivity index (χ2n) is 13.0. The number of pyridine rings is 1. The Labute approximate surface area is 261 Å². The van der Waals surface area contributed by atoms with E-state index in [0.29, 0.717) is 24.7 Å². The van der Waals surface area contributed by atoms with Crippen molar-refractivity contribution < 1.29 is 9.59 Å². The minimum absolute atomic E-state index is 0.0549. The van der Waals surface area contributed by atoms with E-state index in [0.717, 1.165) is 67.1 Å². The Hall–Kier alpha value is -4.29. The summed E-state index contributed by atoms with van der Waals surface area (Å²) in [6, 6.07) is 32.5. The summed E-state index contributed by atoms with van der Waals surface area (Å²) in [5.74, 6) is 0.181. The van der Waals surface area contributed by atoms with Crippen LogP contribution in [0.1, 0.15) is 59.9 Å². The van der Waals surface area contributed by atoms with E-state index in [1.807, 2.05) is 94.7 Å². The van der Waals surface area contributed by atoms with Crippen molar-refractivity contribution in [1.29, 1.82) is 0 Å². The number of amides is 2. The highest BCUT2D eigenvalue weighted by Gasteiger charge is 2.31. The smallest absolute Gasteiger partial charge is 0.254 e. The lowest BCUT2D eigenvalue weighted by atomic mass is 9.86. The molecule has 0 atom stereocenters. The Morgan fingerprint density at radius 3 is 1.59 bits per heavy atom. The van der Waals surface area contributed by atoms with E-state index in [2.05, 4.69) is 37.8 Å². The summed E-state index contributed by atoms with van der Waals surface area (Å²) in [6.45, 7) is 11.2. The van der Waals surface area contributed by atoms with Crippen molar-refractivity contribution in [3.63, 3.8) is 0 Å². The number of benzene rings is 3. The van der Waals surface area contributed by atoms with Crippen LogP contribution in [0.3, 0.4) is 0 Å². The molecular weight excluding hydrogens is 544 g/mol. The molecule has 1 aromatic heterocycles. The summed E-state index contributed by atoms with van der Waals surface area (Å²) < 4.78 is 0. The molecule has 6 rings (SSSR count). The van der Waals surface area contributed by atoms with Crippen LogP contribution in [0.5, 0.6) is 0 Å². The molecule has 0 N–H and O–H groups in total. The standard InChI is InChI=1S/C38H42N4O2/c1-38(2,3)32-16-14-30(15-17-32)36(43)41-20-18-33(19-21-41)40-22-24-42(25-23-40)37(44)31-26-34(28-10-6-4-7-11-28)39-35(27-31)29-12-8-5-9-13-29/h4-17,26-27,33H,18-25H2,1-3H3. The zero-order valence-electron chi connectivity index (χ0n) is 26.1. The number of hydrogen-bond acceptors (Lipinski definition) is 4. The summed E-state index contributed by atoms with van der Waals surface area (Å²) in [6.07, 6.45) is 1.93. The summed E-state index contributed by atoms with van der Waals surface area (Å²) in [5.41, 5.74) is 6.36. The first kappa shape index (κ1) is 29.8. The van der Waals surface area contributed by atoms with Crippen LogP contribution in [-0.2, 0) is 5.41 Å². The topological polar surface area (TPSA) is 56.8 Å². The van der Waals surface area contributed by atoms with E-state index in [1.54, 1.807) is 0 Å². The predicted octanol–water partition coefficient (Wildman–Crippen LogP) is 6.78. The normalized spacial score (nSPS) is 16.6. The highest BCUT2D eigenvalue weighted by Crippen LogP contribution is 2.27. The molecule has 0 aliphatic carbocycles. The predicted molar refractivity (Wildman–Crippen MR) is 177 cm³/mol. The number of aromatic nitrogens is 1. The quantitative estimate of drug-likeness (QED) is 0.259. The van der Waals surface area contributed by atoms with E-state index in [1.165, 1.54) is 5.56 Å². The molecule has 0 bridgehead atoms. The Kier molecular flexibility index (Phi) is 8.62. The van der Waals surface area contributed by atoms with Gasteiger partial charge in [0.1, 0.15) is 0 Å². The number of piperazine rings is 1. The average molecular weight is 587 g/mol. The number of carbonyl (C=O) groups is 2. The lowest BCUT2D eigenvalue weighted by Gasteiger charge is -2.42. The molecule has 6 nitrogen and oxygen atoms in total. The summed E-state index contributed by atoms with van der Waals surface area (Å²) in [4.78, 5) is 38.4. The minimum atomic E-state index is 0.0549. The lowest BCUT2D eigenvalue weighted by Crippen LogP contribution is -2.54. The molecule has 2 fully saturated rings. The number of carbonyl (C=O) groups excluding carboxylic acids is 2. The molecule has 4 aromatic rings. The molecule has 2 saturated heterocycles. The third kappa shape index (κ3) is 6.61. The van der Waals surface area contributed by atoms with Crippen LogP contribution in [0.4, 0.5) is 0 Å². The first-order valence-electron chi connectivity index (χ1n) is 15.8. The Morgan fingerprint density at radius 1 is 0.614 bits per heavy atom. The Bertz CT molecular complexity index is 1520. The Morgan fingerprint density at radius 2 is 1.09 bits per heavy atom. The van der Waals surface area contributed by atoms with E-state index in [9.17, 15) is 9.59 Å². The fourth-order valence-electron chi connectivity index (χ4n) is 6.37. The zero-order chi connectivity index (χ0) is 30.7. The van der Waals surface area contributed by atoms with Gasteiger partial charge in [-0.05, 0) is 48.1 Å². The number of likely N-dealkylation sites (tertiary alicyclic amines) is 1. The first-order valence-corrected chi connectivity index (χ1v) is 15.8. The summed E-state index contributed by atoms with van der Waals surface area (Å²) in [5, 5.41) is 0. The number of rotatable bonds is 5. The zero-order valence-corrected chi connectivity index (χ0v) is 26.1. The van der Waals surface area contributed by atoms with Crippen molar-refractivity contribution in [3.05, 3.63) is 114 Å². The van der Waals surface area contributed by atoms with E-state index in [4.69, 9.17) is 4.98 Å². The molecule has 0 saturated carbocycles. The van der Waals surface area contributed by atoms with Crippen LogP contribution in [0.2, 0.25) is 0 Å². The van der Waals surface area contributed by atoms with Crippen LogP contribution in [-0.4, -0.2) is 76.8 Å². The largest absolute Gasteiger partial charge is 0.339 e. The second-order valence-corrected chi connectivity index (χ2v) is 13.0. The van der Waals surface area contributed by atoms with Crippen molar-refractivity contribution in [2.75, 3.05) is 39.3 Å². The molecule has 3 aromatic carbocycles. The van der Waals surface area contributed by atoms with Crippen molar-refractivity contribution >= 4 is 11.8 Å². The maximum absolute atomic E-state index is 13.8. The van der Waals surface area contributed by atoms with Gasteiger partial charge in [0.2, 0.25) is 0 Å². The van der Waals surface area contributed by atoms with Gasteiger partial charge in [-0.15, -0.1) is 0 Å². The van der Waals surface area contributed by atoms with Gasteiger partial charge >= 0.3 is 0 Å². The highest BCUT2D eigenvalue weighted by molar-refractivity contribution is 5.96. The SMILES string of the molecule is CC(C)(C)c1ccc(C(=O)N2CCC(N3CCN(C(=O)c4cc(-c5ccccc5)nc(-c5ccccc5)c4)CC3)CC2)cc1. The van der Waals surface area contributed by atoms with E-state index >= 15 is 0 Å². The van der Waals surface area contributed by atoms with Gasteiger partial charge in [-0.25, -0.2) is 4.98 Å². The molecule has 2 aliphatic heterocycles. The molecule has 0 unspecified atom stereocenters. The van der Waals surface area contributed by atoms with Crippen molar-refractivity contribution in [2.24, 2.45) is 0 Å². The molecule has 0 radical (unpaired) electrons. The van der Waals surface area contributed by atoms with Gasteiger partial charge < -0.3 is 9.80 Å². The Balaban J connectivity index is 1.07. The fraction of sp³-hybridized carbons (Fsp3) is 0.342. The van der Waals surface area contributed by atoms with Crippen LogP contribution < -0.4 is 0 Å². The minimum Gasteiger partial charge on any atom is -0.339 e. The van der Waals surface area contributed by atoms with Crippen LogP contribution >= 0.6 is 0 Å². The average Bonchev–Trinajstić information content (AvgIpc) is 3.08. The molecule has 3 heterocycles. The van der Waals surface area contributed by atoms with Crippen LogP contribution in [0, 0.1) is 0 Å². The molecular formula is C38H42N4O2. The van der Waals surface area contributed by atoms with Crippen LogP contribution in [0.25, 0.3) is 22.5 Å². The molecule has 44 heavy (non-hydrogen) atoms. The van der Waals surface area contributed by atoms with Gasteiger partial charge in [0.15, 0.2) is 0 Å². The monoisotopic (exact) mass is 586 g/mol. The second kappa shape index (κ2) is 12.7. The van der Waals surface area contributed by atoms with Gasteiger partial charge in [0, 0.05) is 67.6 Å². The molecule has 2 aliphatic rings. The third-order valence-corrected chi connectivity index (χ3v) is 9.08. The number of hydrogen-bond donors (Lipinski definition) is 0. The van der Waals surface area contributed by atoms with Gasteiger partial charge in [0.05, 0.1) is 11.4 Å². The summed E-state index contributed by atoms with van der Waals surface area (Å²) in [7, 11) is 0. The fourth-order valence-corrected chi connectivity index (χ4v) is 6.37. The number of nitrogens with zero attached hydrogens (tertiary/aromatic N) is 4. The van der Waals surface area contributed by atoms with Crippen molar-refractivity contribution in [3.8, 4) is 22.5 Å². The maximum atomic E-state index is 13.8. The first-order chi connectivity index (χ1) is 21.3. The van der Waals surface area contributed by atoms with Crippen LogP contribution in [0.15, 0.2) is 97.1 Å².